The average molecular weight is 198 g/mol. The minimum absolute atomic E-state index is 0.230. The summed E-state index contributed by atoms with van der Waals surface area (Å²) in [6.45, 7) is 3.92. The summed E-state index contributed by atoms with van der Waals surface area (Å²) in [5.74, 6) is -0.230. The van der Waals surface area contributed by atoms with Gasteiger partial charge in [-0.1, -0.05) is 55.1 Å². The van der Waals surface area contributed by atoms with Crippen LogP contribution in [0.4, 0.5) is 4.39 Å². The highest BCUT2D eigenvalue weighted by Gasteiger charge is 2.05. The van der Waals surface area contributed by atoms with Gasteiger partial charge in [-0.15, -0.1) is 0 Å². The Hall–Kier alpha value is -1.89. The molecule has 0 fully saturated rings. The number of rotatable bonds is 2. The smallest absolute Gasteiger partial charge is 0.131 e. The molecule has 0 aliphatic rings. The van der Waals surface area contributed by atoms with Crippen LogP contribution >= 0.6 is 0 Å². The van der Waals surface area contributed by atoms with E-state index in [1.54, 1.807) is 12.1 Å². The molecule has 15 heavy (non-hydrogen) atoms. The topological polar surface area (TPSA) is 0 Å². The van der Waals surface area contributed by atoms with E-state index in [0.29, 0.717) is 11.1 Å². The SMILES string of the molecule is C=C(c1ccccc1)c1ccccc1F. The Morgan fingerprint density at radius 3 is 2.13 bits per heavy atom. The van der Waals surface area contributed by atoms with Gasteiger partial charge in [0.1, 0.15) is 5.82 Å². The molecule has 2 aromatic rings. The number of halogens is 1. The first kappa shape index (κ1) is 9.66. The van der Waals surface area contributed by atoms with Crippen LogP contribution in [0.2, 0.25) is 0 Å². The molecule has 0 aromatic heterocycles. The molecule has 0 N–H and O–H groups in total. The molecular weight excluding hydrogens is 187 g/mol. The Morgan fingerprint density at radius 2 is 1.47 bits per heavy atom. The zero-order chi connectivity index (χ0) is 10.7. The monoisotopic (exact) mass is 198 g/mol. The third kappa shape index (κ3) is 1.96. The molecule has 0 unspecified atom stereocenters. The quantitative estimate of drug-likeness (QED) is 0.686. The number of hydrogen-bond donors (Lipinski definition) is 0. The van der Waals surface area contributed by atoms with Gasteiger partial charge in [0.15, 0.2) is 0 Å². The van der Waals surface area contributed by atoms with E-state index in [2.05, 4.69) is 6.58 Å². The predicted octanol–water partition coefficient (Wildman–Crippen LogP) is 3.89. The molecule has 74 valence electrons. The van der Waals surface area contributed by atoms with Gasteiger partial charge in [0.25, 0.3) is 0 Å². The van der Waals surface area contributed by atoms with Gasteiger partial charge in [-0.25, -0.2) is 4.39 Å². The van der Waals surface area contributed by atoms with Crippen molar-refractivity contribution >= 4 is 5.57 Å². The van der Waals surface area contributed by atoms with Crippen LogP contribution in [-0.2, 0) is 0 Å². The summed E-state index contributed by atoms with van der Waals surface area (Å²) in [6, 6.07) is 16.3. The maximum atomic E-state index is 13.5. The van der Waals surface area contributed by atoms with E-state index in [9.17, 15) is 4.39 Å². The van der Waals surface area contributed by atoms with Crippen molar-refractivity contribution in [2.75, 3.05) is 0 Å². The van der Waals surface area contributed by atoms with Crippen LogP contribution < -0.4 is 0 Å². The maximum absolute atomic E-state index is 13.5. The summed E-state index contributed by atoms with van der Waals surface area (Å²) in [6.07, 6.45) is 0. The van der Waals surface area contributed by atoms with Gasteiger partial charge in [-0.3, -0.25) is 0 Å². The molecule has 2 rings (SSSR count). The molecule has 0 aliphatic carbocycles. The van der Waals surface area contributed by atoms with Crippen molar-refractivity contribution in [1.29, 1.82) is 0 Å². The fourth-order valence-corrected chi connectivity index (χ4v) is 1.50. The van der Waals surface area contributed by atoms with Gasteiger partial charge in [0, 0.05) is 5.56 Å². The molecule has 0 spiro atoms. The van der Waals surface area contributed by atoms with Crippen molar-refractivity contribution in [3.63, 3.8) is 0 Å². The third-order valence-electron chi connectivity index (χ3n) is 2.32. The molecule has 0 atom stereocenters. The van der Waals surface area contributed by atoms with Gasteiger partial charge >= 0.3 is 0 Å². The first-order valence-corrected chi connectivity index (χ1v) is 4.78. The molecule has 0 saturated heterocycles. The van der Waals surface area contributed by atoms with Gasteiger partial charge in [-0.05, 0) is 17.2 Å². The third-order valence-corrected chi connectivity index (χ3v) is 2.32. The minimum atomic E-state index is -0.230. The van der Waals surface area contributed by atoms with Crippen molar-refractivity contribution in [3.05, 3.63) is 78.1 Å². The lowest BCUT2D eigenvalue weighted by molar-refractivity contribution is 0.624. The zero-order valence-corrected chi connectivity index (χ0v) is 8.28. The van der Waals surface area contributed by atoms with Crippen molar-refractivity contribution in [2.24, 2.45) is 0 Å². The van der Waals surface area contributed by atoms with Crippen LogP contribution in [0.1, 0.15) is 11.1 Å². The van der Waals surface area contributed by atoms with Crippen LogP contribution in [0.25, 0.3) is 5.57 Å². The van der Waals surface area contributed by atoms with Crippen LogP contribution in [-0.4, -0.2) is 0 Å². The summed E-state index contributed by atoms with van der Waals surface area (Å²) in [7, 11) is 0. The van der Waals surface area contributed by atoms with E-state index in [1.165, 1.54) is 6.07 Å². The van der Waals surface area contributed by atoms with Crippen molar-refractivity contribution in [2.45, 2.75) is 0 Å². The maximum Gasteiger partial charge on any atom is 0.131 e. The van der Waals surface area contributed by atoms with E-state index >= 15 is 0 Å². The van der Waals surface area contributed by atoms with E-state index in [0.717, 1.165) is 5.56 Å². The minimum Gasteiger partial charge on any atom is -0.206 e. The van der Waals surface area contributed by atoms with Crippen molar-refractivity contribution < 1.29 is 4.39 Å². The lowest BCUT2D eigenvalue weighted by atomic mass is 9.99. The average Bonchev–Trinajstić information content (AvgIpc) is 2.30. The molecule has 2 aromatic carbocycles. The Morgan fingerprint density at radius 1 is 0.867 bits per heavy atom. The first-order valence-electron chi connectivity index (χ1n) is 4.78. The fraction of sp³-hybridized carbons (Fsp3) is 0. The molecule has 0 bridgehead atoms. The summed E-state index contributed by atoms with van der Waals surface area (Å²) in [5, 5.41) is 0. The van der Waals surface area contributed by atoms with Gasteiger partial charge in [-0.2, -0.15) is 0 Å². The summed E-state index contributed by atoms with van der Waals surface area (Å²) in [4.78, 5) is 0. The Labute approximate surface area is 88.7 Å². The van der Waals surface area contributed by atoms with Gasteiger partial charge < -0.3 is 0 Å². The zero-order valence-electron chi connectivity index (χ0n) is 8.28. The molecular formula is C14H11F. The molecule has 0 nitrogen and oxygen atoms in total. The number of hydrogen-bond acceptors (Lipinski definition) is 0. The van der Waals surface area contributed by atoms with Crippen LogP contribution in [0.5, 0.6) is 0 Å². The molecule has 0 radical (unpaired) electrons. The van der Waals surface area contributed by atoms with Crippen LogP contribution in [0, 0.1) is 5.82 Å². The molecule has 0 saturated carbocycles. The molecule has 0 amide bonds. The second-order valence-corrected chi connectivity index (χ2v) is 3.32. The summed E-state index contributed by atoms with van der Waals surface area (Å²) in [5.41, 5.74) is 2.22. The van der Waals surface area contributed by atoms with E-state index < -0.39 is 0 Å². The second kappa shape index (κ2) is 4.09. The molecule has 0 heterocycles. The highest BCUT2D eigenvalue weighted by atomic mass is 19.1. The fourth-order valence-electron chi connectivity index (χ4n) is 1.50. The first-order chi connectivity index (χ1) is 7.29. The Balaban J connectivity index is 2.42. The van der Waals surface area contributed by atoms with E-state index in [-0.39, 0.29) is 5.82 Å². The number of benzene rings is 2. The highest BCUT2D eigenvalue weighted by molar-refractivity contribution is 5.78. The van der Waals surface area contributed by atoms with Crippen molar-refractivity contribution in [3.8, 4) is 0 Å². The van der Waals surface area contributed by atoms with Crippen LogP contribution in [0.15, 0.2) is 61.2 Å². The molecule has 1 heteroatoms. The van der Waals surface area contributed by atoms with Gasteiger partial charge in [0.2, 0.25) is 0 Å². The van der Waals surface area contributed by atoms with Gasteiger partial charge in [0.05, 0.1) is 0 Å². The van der Waals surface area contributed by atoms with Crippen molar-refractivity contribution in [1.82, 2.24) is 0 Å². The lowest BCUT2D eigenvalue weighted by Crippen LogP contribution is -1.89. The Bertz CT molecular complexity index is 472. The van der Waals surface area contributed by atoms with E-state index in [1.807, 2.05) is 36.4 Å². The van der Waals surface area contributed by atoms with Crippen LogP contribution in [0.3, 0.4) is 0 Å². The standard InChI is InChI=1S/C14H11F/c1-11(12-7-3-2-4-8-12)13-9-5-6-10-14(13)15/h2-10H,1H2. The Kier molecular flexibility index (Phi) is 2.64. The second-order valence-electron chi connectivity index (χ2n) is 3.32. The predicted molar refractivity (Wildman–Crippen MR) is 61.0 cm³/mol. The molecule has 0 aliphatic heterocycles. The van der Waals surface area contributed by atoms with E-state index in [4.69, 9.17) is 0 Å². The largest absolute Gasteiger partial charge is 0.206 e. The normalized spacial score (nSPS) is 9.93. The summed E-state index contributed by atoms with van der Waals surface area (Å²) < 4.78 is 13.5. The highest BCUT2D eigenvalue weighted by Crippen LogP contribution is 2.23. The lowest BCUT2D eigenvalue weighted by Gasteiger charge is -2.06. The summed E-state index contributed by atoms with van der Waals surface area (Å²) >= 11 is 0.